The zero-order valence-electron chi connectivity index (χ0n) is 11.4. The van der Waals surface area contributed by atoms with Gasteiger partial charge in [0.2, 0.25) is 0 Å². The summed E-state index contributed by atoms with van der Waals surface area (Å²) in [6, 6.07) is 10.4. The Morgan fingerprint density at radius 1 is 1.04 bits per heavy atom. The van der Waals surface area contributed by atoms with E-state index in [2.05, 4.69) is 15.0 Å². The Bertz CT molecular complexity index is 818. The second-order valence-electron chi connectivity index (χ2n) is 4.58. The van der Waals surface area contributed by atoms with Crippen LogP contribution >= 0.6 is 23.4 Å². The Balaban J connectivity index is 1.82. The summed E-state index contributed by atoms with van der Waals surface area (Å²) in [5.41, 5.74) is 0.880. The molecule has 0 atom stereocenters. The minimum Gasteiger partial charge on any atom is -0.333 e. The van der Waals surface area contributed by atoms with Crippen LogP contribution < -0.4 is 0 Å². The summed E-state index contributed by atoms with van der Waals surface area (Å²) < 4.78 is 37.8. The maximum atomic E-state index is 12.6. The topological polar surface area (TPSA) is 41.6 Å². The number of rotatable bonds is 3. The monoisotopic (exact) mass is 355 g/mol. The molecule has 118 valence electrons. The Kier molecular flexibility index (Phi) is 4.32. The molecule has 1 N–H and O–H groups in total. The SMILES string of the molecule is FC(F)(F)c1cnc(Sc2ncc(-c3ccccc3)[nH]2)c(Cl)c1. The summed E-state index contributed by atoms with van der Waals surface area (Å²) >= 11 is 6.96. The Hall–Kier alpha value is -1.99. The van der Waals surface area contributed by atoms with E-state index in [0.29, 0.717) is 5.16 Å². The van der Waals surface area contributed by atoms with Crippen LogP contribution in [0.5, 0.6) is 0 Å². The predicted molar refractivity (Wildman–Crippen MR) is 82.4 cm³/mol. The largest absolute Gasteiger partial charge is 0.417 e. The van der Waals surface area contributed by atoms with Crippen molar-refractivity contribution in [1.82, 2.24) is 15.0 Å². The van der Waals surface area contributed by atoms with Gasteiger partial charge in [0.1, 0.15) is 5.03 Å². The van der Waals surface area contributed by atoms with E-state index in [1.807, 2.05) is 30.3 Å². The lowest BCUT2D eigenvalue weighted by Crippen LogP contribution is -2.05. The van der Waals surface area contributed by atoms with Crippen LogP contribution in [0.4, 0.5) is 13.2 Å². The smallest absolute Gasteiger partial charge is 0.333 e. The van der Waals surface area contributed by atoms with Crippen molar-refractivity contribution in [1.29, 1.82) is 0 Å². The van der Waals surface area contributed by atoms with E-state index in [9.17, 15) is 13.2 Å². The molecule has 2 aromatic heterocycles. The molecule has 0 fully saturated rings. The number of alkyl halides is 3. The zero-order chi connectivity index (χ0) is 16.4. The molecule has 0 unspecified atom stereocenters. The van der Waals surface area contributed by atoms with Gasteiger partial charge in [-0.2, -0.15) is 13.2 Å². The number of hydrogen-bond acceptors (Lipinski definition) is 3. The average Bonchev–Trinajstić information content (AvgIpc) is 2.98. The van der Waals surface area contributed by atoms with Crippen molar-refractivity contribution in [2.24, 2.45) is 0 Å². The van der Waals surface area contributed by atoms with E-state index in [1.165, 1.54) is 0 Å². The quantitative estimate of drug-likeness (QED) is 0.693. The normalized spacial score (nSPS) is 11.7. The molecular weight excluding hydrogens is 347 g/mol. The van der Waals surface area contributed by atoms with Gasteiger partial charge >= 0.3 is 6.18 Å². The van der Waals surface area contributed by atoms with Gasteiger partial charge < -0.3 is 4.98 Å². The molecule has 0 saturated heterocycles. The van der Waals surface area contributed by atoms with Gasteiger partial charge in [-0.05, 0) is 23.4 Å². The van der Waals surface area contributed by atoms with Crippen LogP contribution in [0.3, 0.4) is 0 Å². The van der Waals surface area contributed by atoms with Gasteiger partial charge in [-0.15, -0.1) is 0 Å². The lowest BCUT2D eigenvalue weighted by Gasteiger charge is -2.07. The highest BCUT2D eigenvalue weighted by Crippen LogP contribution is 2.35. The lowest BCUT2D eigenvalue weighted by molar-refractivity contribution is -0.137. The number of halogens is 4. The molecule has 0 bridgehead atoms. The second-order valence-corrected chi connectivity index (χ2v) is 5.96. The third-order valence-electron chi connectivity index (χ3n) is 2.97. The van der Waals surface area contributed by atoms with Gasteiger partial charge in [0, 0.05) is 6.20 Å². The highest BCUT2D eigenvalue weighted by molar-refractivity contribution is 7.99. The fourth-order valence-corrected chi connectivity index (χ4v) is 2.86. The van der Waals surface area contributed by atoms with Gasteiger partial charge in [0.25, 0.3) is 0 Å². The van der Waals surface area contributed by atoms with Crippen LogP contribution in [0.25, 0.3) is 11.3 Å². The first-order valence-electron chi connectivity index (χ1n) is 6.44. The van der Waals surface area contributed by atoms with Gasteiger partial charge in [-0.25, -0.2) is 9.97 Å². The third-order valence-corrected chi connectivity index (χ3v) is 4.29. The van der Waals surface area contributed by atoms with Crippen LogP contribution in [0, 0.1) is 0 Å². The highest BCUT2D eigenvalue weighted by Gasteiger charge is 2.31. The number of nitrogens with one attached hydrogen (secondary N) is 1. The first-order valence-corrected chi connectivity index (χ1v) is 7.64. The van der Waals surface area contributed by atoms with Gasteiger partial charge in [-0.1, -0.05) is 41.9 Å². The summed E-state index contributed by atoms with van der Waals surface area (Å²) in [6.45, 7) is 0. The van der Waals surface area contributed by atoms with Crippen molar-refractivity contribution in [2.75, 3.05) is 0 Å². The lowest BCUT2D eigenvalue weighted by atomic mass is 10.2. The molecule has 23 heavy (non-hydrogen) atoms. The standard InChI is InChI=1S/C15H9ClF3N3S/c16-11-6-10(15(17,18)19)7-20-13(11)23-14-21-8-12(22-14)9-4-2-1-3-5-9/h1-8H,(H,21,22). The fourth-order valence-electron chi connectivity index (χ4n) is 1.87. The molecule has 3 aromatic rings. The summed E-state index contributed by atoms with van der Waals surface area (Å²) in [5, 5.41) is 0.689. The molecule has 0 amide bonds. The summed E-state index contributed by atoms with van der Waals surface area (Å²) in [4.78, 5) is 11.0. The van der Waals surface area contributed by atoms with E-state index in [0.717, 1.165) is 35.3 Å². The minimum atomic E-state index is -4.47. The number of imidazole rings is 1. The second kappa shape index (κ2) is 6.25. The van der Waals surface area contributed by atoms with E-state index in [-0.39, 0.29) is 10.0 Å². The molecule has 0 aliphatic rings. The first kappa shape index (κ1) is 15.9. The molecule has 8 heteroatoms. The molecular formula is C15H9ClF3N3S. The van der Waals surface area contributed by atoms with E-state index >= 15 is 0 Å². The van der Waals surface area contributed by atoms with Crippen LogP contribution in [0.15, 0.2) is 59.0 Å². The average molecular weight is 356 g/mol. The number of pyridine rings is 1. The van der Waals surface area contributed by atoms with Crippen molar-refractivity contribution < 1.29 is 13.2 Å². The van der Waals surface area contributed by atoms with E-state index in [4.69, 9.17) is 11.6 Å². The molecule has 2 heterocycles. The molecule has 3 rings (SSSR count). The van der Waals surface area contributed by atoms with Crippen molar-refractivity contribution in [2.45, 2.75) is 16.4 Å². The number of hydrogen-bond donors (Lipinski definition) is 1. The third kappa shape index (κ3) is 3.68. The van der Waals surface area contributed by atoms with Crippen LogP contribution in [-0.2, 0) is 6.18 Å². The number of H-pyrrole nitrogens is 1. The zero-order valence-corrected chi connectivity index (χ0v) is 13.0. The molecule has 0 radical (unpaired) electrons. The maximum absolute atomic E-state index is 12.6. The van der Waals surface area contributed by atoms with E-state index < -0.39 is 11.7 Å². The van der Waals surface area contributed by atoms with Crippen molar-refractivity contribution >= 4 is 23.4 Å². The number of aromatic nitrogens is 3. The summed E-state index contributed by atoms with van der Waals surface area (Å²) in [7, 11) is 0. The fraction of sp³-hybridized carbons (Fsp3) is 0.0667. The summed E-state index contributed by atoms with van der Waals surface area (Å²) in [5.74, 6) is 0. The molecule has 0 aliphatic heterocycles. The number of nitrogens with zero attached hydrogens (tertiary/aromatic N) is 2. The van der Waals surface area contributed by atoms with Crippen molar-refractivity contribution in [3.05, 3.63) is 59.4 Å². The molecule has 1 aromatic carbocycles. The molecule has 0 saturated carbocycles. The molecule has 0 spiro atoms. The van der Waals surface area contributed by atoms with Gasteiger partial charge in [-0.3, -0.25) is 0 Å². The Morgan fingerprint density at radius 3 is 2.43 bits per heavy atom. The predicted octanol–water partition coefficient (Wildman–Crippen LogP) is 5.30. The van der Waals surface area contributed by atoms with Crippen LogP contribution in [0.2, 0.25) is 5.02 Å². The Morgan fingerprint density at radius 2 is 1.78 bits per heavy atom. The summed E-state index contributed by atoms with van der Waals surface area (Å²) in [6.07, 6.45) is -2.06. The van der Waals surface area contributed by atoms with Crippen molar-refractivity contribution in [3.8, 4) is 11.3 Å². The number of aromatic amines is 1. The van der Waals surface area contributed by atoms with Crippen LogP contribution in [-0.4, -0.2) is 15.0 Å². The van der Waals surface area contributed by atoms with Gasteiger partial charge in [0.05, 0.1) is 22.5 Å². The number of benzene rings is 1. The van der Waals surface area contributed by atoms with Gasteiger partial charge in [0.15, 0.2) is 5.16 Å². The molecule has 0 aliphatic carbocycles. The van der Waals surface area contributed by atoms with Crippen molar-refractivity contribution in [3.63, 3.8) is 0 Å². The first-order chi connectivity index (χ1) is 10.9. The molecule has 3 nitrogen and oxygen atoms in total. The van der Waals surface area contributed by atoms with E-state index in [1.54, 1.807) is 6.20 Å². The maximum Gasteiger partial charge on any atom is 0.417 e. The van der Waals surface area contributed by atoms with Crippen LogP contribution in [0.1, 0.15) is 5.56 Å². The minimum absolute atomic E-state index is 0.0671. The highest BCUT2D eigenvalue weighted by atomic mass is 35.5. The Labute approximate surface area is 138 Å².